The summed E-state index contributed by atoms with van der Waals surface area (Å²) in [7, 11) is 0. The van der Waals surface area contributed by atoms with Gasteiger partial charge in [0.25, 0.3) is 0 Å². The normalized spacial score (nSPS) is 10.6. The lowest BCUT2D eigenvalue weighted by Crippen LogP contribution is -2.06. The van der Waals surface area contributed by atoms with Crippen LogP contribution in [0.2, 0.25) is 4.47 Å². The minimum atomic E-state index is -0.258. The van der Waals surface area contributed by atoms with E-state index in [4.69, 9.17) is 16.3 Å². The first-order valence-electron chi connectivity index (χ1n) is 8.30. The fourth-order valence-corrected chi connectivity index (χ4v) is 3.15. The Morgan fingerprint density at radius 3 is 2.62 bits per heavy atom. The number of carbonyl (C=O) groups excluding carboxylic acids is 1. The smallest absolute Gasteiger partial charge is 0.338 e. The fourth-order valence-electron chi connectivity index (χ4n) is 2.23. The summed E-state index contributed by atoms with van der Waals surface area (Å²) in [6.45, 7) is 3.34. The SMILES string of the molecule is CCCCCCCOC(=O)c1ccc(NCc2cnc(Cl)s2)cc1. The molecule has 0 aliphatic heterocycles. The minimum Gasteiger partial charge on any atom is -0.462 e. The van der Waals surface area contributed by atoms with Crippen molar-refractivity contribution in [2.24, 2.45) is 0 Å². The zero-order chi connectivity index (χ0) is 17.2. The molecule has 0 saturated carbocycles. The summed E-state index contributed by atoms with van der Waals surface area (Å²) >= 11 is 7.25. The zero-order valence-corrected chi connectivity index (χ0v) is 15.5. The Bertz CT molecular complexity index is 628. The van der Waals surface area contributed by atoms with E-state index in [9.17, 15) is 4.79 Å². The maximum atomic E-state index is 12.0. The lowest BCUT2D eigenvalue weighted by atomic mass is 10.2. The quantitative estimate of drug-likeness (QED) is 0.443. The molecule has 0 aliphatic carbocycles. The largest absolute Gasteiger partial charge is 0.462 e. The molecular weight excluding hydrogens is 344 g/mol. The predicted molar refractivity (Wildman–Crippen MR) is 99.9 cm³/mol. The van der Waals surface area contributed by atoms with Crippen LogP contribution in [0.1, 0.15) is 54.3 Å². The van der Waals surface area contributed by atoms with Crippen molar-refractivity contribution in [3.05, 3.63) is 45.4 Å². The van der Waals surface area contributed by atoms with Crippen LogP contribution in [0, 0.1) is 0 Å². The van der Waals surface area contributed by atoms with Crippen molar-refractivity contribution in [1.82, 2.24) is 4.98 Å². The van der Waals surface area contributed by atoms with Gasteiger partial charge in [-0.25, -0.2) is 9.78 Å². The van der Waals surface area contributed by atoms with Gasteiger partial charge in [0.1, 0.15) is 0 Å². The lowest BCUT2D eigenvalue weighted by molar-refractivity contribution is 0.0497. The molecule has 130 valence electrons. The number of hydrogen-bond acceptors (Lipinski definition) is 5. The first-order chi connectivity index (χ1) is 11.7. The van der Waals surface area contributed by atoms with Gasteiger partial charge in [0, 0.05) is 16.8 Å². The van der Waals surface area contributed by atoms with Crippen molar-refractivity contribution in [2.75, 3.05) is 11.9 Å². The highest BCUT2D eigenvalue weighted by atomic mass is 35.5. The Morgan fingerprint density at radius 2 is 1.96 bits per heavy atom. The van der Waals surface area contributed by atoms with Crippen molar-refractivity contribution in [3.63, 3.8) is 0 Å². The summed E-state index contributed by atoms with van der Waals surface area (Å²) < 4.78 is 5.84. The molecule has 0 saturated heterocycles. The molecule has 0 fully saturated rings. The molecule has 0 atom stereocenters. The third kappa shape index (κ3) is 6.49. The van der Waals surface area contributed by atoms with E-state index in [-0.39, 0.29) is 5.97 Å². The third-order valence-corrected chi connectivity index (χ3v) is 4.71. The monoisotopic (exact) mass is 366 g/mol. The molecule has 2 aromatic rings. The number of thiazole rings is 1. The van der Waals surface area contributed by atoms with Crippen LogP contribution in [-0.4, -0.2) is 17.6 Å². The zero-order valence-electron chi connectivity index (χ0n) is 13.9. The fraction of sp³-hybridized carbons (Fsp3) is 0.444. The van der Waals surface area contributed by atoms with Crippen molar-refractivity contribution in [3.8, 4) is 0 Å². The van der Waals surface area contributed by atoms with Crippen LogP contribution < -0.4 is 5.32 Å². The number of nitrogens with one attached hydrogen (secondary N) is 1. The Hall–Kier alpha value is -1.59. The van der Waals surface area contributed by atoms with Gasteiger partial charge in [-0.3, -0.25) is 0 Å². The number of carbonyl (C=O) groups is 1. The summed E-state index contributed by atoms with van der Waals surface area (Å²) in [6.07, 6.45) is 7.48. The number of esters is 1. The van der Waals surface area contributed by atoms with Gasteiger partial charge in [-0.1, -0.05) is 44.2 Å². The van der Waals surface area contributed by atoms with Crippen LogP contribution in [0.5, 0.6) is 0 Å². The second-order valence-corrected chi connectivity index (χ2v) is 7.26. The average Bonchev–Trinajstić information content (AvgIpc) is 3.02. The van der Waals surface area contributed by atoms with Gasteiger partial charge in [0.15, 0.2) is 4.47 Å². The number of benzene rings is 1. The maximum Gasteiger partial charge on any atom is 0.338 e. The summed E-state index contributed by atoms with van der Waals surface area (Å²) in [5.74, 6) is -0.258. The van der Waals surface area contributed by atoms with Gasteiger partial charge in [0.05, 0.1) is 18.7 Å². The highest BCUT2D eigenvalue weighted by molar-refractivity contribution is 7.15. The maximum absolute atomic E-state index is 12.0. The molecular formula is C18H23ClN2O2S. The topological polar surface area (TPSA) is 51.2 Å². The Kier molecular flexibility index (Phi) is 8.05. The van der Waals surface area contributed by atoms with E-state index in [2.05, 4.69) is 17.2 Å². The van der Waals surface area contributed by atoms with E-state index >= 15 is 0 Å². The van der Waals surface area contributed by atoms with Crippen LogP contribution in [-0.2, 0) is 11.3 Å². The summed E-state index contributed by atoms with van der Waals surface area (Å²) in [6, 6.07) is 7.31. The second kappa shape index (κ2) is 10.3. The molecule has 0 radical (unpaired) electrons. The molecule has 1 aromatic carbocycles. The number of ether oxygens (including phenoxy) is 1. The van der Waals surface area contributed by atoms with E-state index in [0.29, 0.717) is 23.2 Å². The number of aromatic nitrogens is 1. The number of hydrogen-bond donors (Lipinski definition) is 1. The van der Waals surface area contributed by atoms with Gasteiger partial charge >= 0.3 is 5.97 Å². The van der Waals surface area contributed by atoms with Crippen LogP contribution in [0.3, 0.4) is 0 Å². The first-order valence-corrected chi connectivity index (χ1v) is 9.49. The number of halogens is 1. The molecule has 2 rings (SSSR count). The Balaban J connectivity index is 1.71. The molecule has 4 nitrogen and oxygen atoms in total. The van der Waals surface area contributed by atoms with E-state index in [1.165, 1.54) is 30.6 Å². The number of rotatable bonds is 10. The van der Waals surface area contributed by atoms with Crippen molar-refractivity contribution in [1.29, 1.82) is 0 Å². The van der Waals surface area contributed by atoms with Gasteiger partial charge < -0.3 is 10.1 Å². The van der Waals surface area contributed by atoms with Gasteiger partial charge in [-0.15, -0.1) is 11.3 Å². The van der Waals surface area contributed by atoms with Crippen LogP contribution in [0.25, 0.3) is 0 Å². The summed E-state index contributed by atoms with van der Waals surface area (Å²) in [4.78, 5) is 17.0. The van der Waals surface area contributed by atoms with E-state index in [0.717, 1.165) is 23.4 Å². The lowest BCUT2D eigenvalue weighted by Gasteiger charge is -2.07. The summed E-state index contributed by atoms with van der Waals surface area (Å²) in [5, 5.41) is 3.27. The molecule has 0 unspecified atom stereocenters. The first kappa shape index (κ1) is 18.7. The van der Waals surface area contributed by atoms with Crippen LogP contribution in [0.15, 0.2) is 30.5 Å². The highest BCUT2D eigenvalue weighted by Crippen LogP contribution is 2.19. The Labute approximate surface area is 152 Å². The molecule has 0 spiro atoms. The number of anilines is 1. The molecule has 6 heteroatoms. The average molecular weight is 367 g/mol. The van der Waals surface area contributed by atoms with E-state index in [1.54, 1.807) is 18.3 Å². The predicted octanol–water partition coefficient (Wildman–Crippen LogP) is 5.54. The molecule has 1 aromatic heterocycles. The molecule has 0 bridgehead atoms. The number of unbranched alkanes of at least 4 members (excludes halogenated alkanes) is 4. The standard InChI is InChI=1S/C18H23ClN2O2S/c1-2-3-4-5-6-11-23-17(22)14-7-9-15(10-8-14)20-12-16-13-21-18(19)24-16/h7-10,13,20H,2-6,11-12H2,1H3. The molecule has 0 amide bonds. The highest BCUT2D eigenvalue weighted by Gasteiger charge is 2.07. The van der Waals surface area contributed by atoms with Gasteiger partial charge in [-0.2, -0.15) is 0 Å². The Morgan fingerprint density at radius 1 is 1.21 bits per heavy atom. The minimum absolute atomic E-state index is 0.258. The third-order valence-electron chi connectivity index (χ3n) is 3.59. The molecule has 0 aliphatic rings. The molecule has 24 heavy (non-hydrogen) atoms. The number of nitrogens with zero attached hydrogens (tertiary/aromatic N) is 1. The van der Waals surface area contributed by atoms with Gasteiger partial charge in [0.2, 0.25) is 0 Å². The van der Waals surface area contributed by atoms with Crippen LogP contribution in [0.4, 0.5) is 5.69 Å². The van der Waals surface area contributed by atoms with E-state index in [1.807, 2.05) is 12.1 Å². The van der Waals surface area contributed by atoms with Crippen LogP contribution >= 0.6 is 22.9 Å². The molecule has 1 N–H and O–H groups in total. The van der Waals surface area contributed by atoms with Crippen molar-refractivity contribution >= 4 is 34.6 Å². The van der Waals surface area contributed by atoms with E-state index < -0.39 is 0 Å². The van der Waals surface area contributed by atoms with Gasteiger partial charge in [-0.05, 0) is 30.7 Å². The van der Waals surface area contributed by atoms with Crippen molar-refractivity contribution < 1.29 is 9.53 Å². The molecule has 1 heterocycles. The second-order valence-electron chi connectivity index (χ2n) is 5.56. The van der Waals surface area contributed by atoms with Crippen molar-refractivity contribution in [2.45, 2.75) is 45.6 Å². The summed E-state index contributed by atoms with van der Waals surface area (Å²) in [5.41, 5.74) is 1.52.